The van der Waals surface area contributed by atoms with Crippen LogP contribution in [0.15, 0.2) is 46.9 Å². The van der Waals surface area contributed by atoms with Crippen LogP contribution in [0, 0.1) is 11.3 Å². The van der Waals surface area contributed by atoms with Gasteiger partial charge in [-0.1, -0.05) is 18.2 Å². The molecule has 1 N–H and O–H groups in total. The summed E-state index contributed by atoms with van der Waals surface area (Å²) in [5.41, 5.74) is 1.13. The third-order valence-electron chi connectivity index (χ3n) is 2.79. The Morgan fingerprint density at radius 3 is 2.64 bits per heavy atom. The number of nitrogens with one attached hydrogen (secondary N) is 1. The van der Waals surface area contributed by atoms with Crippen LogP contribution in [-0.4, -0.2) is 19.6 Å². The second kappa shape index (κ2) is 7.48. The number of halogens is 1. The molecule has 0 aliphatic carbocycles. The fourth-order valence-corrected chi connectivity index (χ4v) is 2.17. The number of hydrogen-bond acceptors (Lipinski definition) is 4. The molecule has 0 heterocycles. The van der Waals surface area contributed by atoms with Crippen LogP contribution < -0.4 is 14.8 Å². The minimum atomic E-state index is -0.284. The van der Waals surface area contributed by atoms with Crippen molar-refractivity contribution < 1.29 is 14.3 Å². The monoisotopic (exact) mass is 360 g/mol. The van der Waals surface area contributed by atoms with Gasteiger partial charge in [-0.15, -0.1) is 0 Å². The number of carbonyl (C=O) groups excluding carboxylic acids is 1. The Hall–Kier alpha value is -2.52. The van der Waals surface area contributed by atoms with Gasteiger partial charge in [0.25, 0.3) is 5.91 Å². The van der Waals surface area contributed by atoms with Crippen LogP contribution in [0.3, 0.4) is 0 Å². The highest BCUT2D eigenvalue weighted by Crippen LogP contribution is 2.33. The smallest absolute Gasteiger partial charge is 0.262 e. The maximum atomic E-state index is 11.9. The first kappa shape index (κ1) is 15.9. The Labute approximate surface area is 136 Å². The molecule has 0 aliphatic heterocycles. The Morgan fingerprint density at radius 1 is 1.27 bits per heavy atom. The highest BCUT2D eigenvalue weighted by molar-refractivity contribution is 9.10. The lowest BCUT2D eigenvalue weighted by Crippen LogP contribution is -2.20. The Kier molecular flexibility index (Phi) is 5.39. The molecule has 112 valence electrons. The number of para-hydroxylation sites is 1. The topological polar surface area (TPSA) is 71.3 Å². The predicted octanol–water partition coefficient (Wildman–Crippen LogP) is 3.35. The van der Waals surface area contributed by atoms with E-state index in [1.54, 1.807) is 24.3 Å². The van der Waals surface area contributed by atoms with E-state index in [9.17, 15) is 4.79 Å². The molecule has 2 aromatic carbocycles. The standard InChI is InChI=1S/C16H13BrN2O3/c1-21-14-7-11(9-18)13(17)8-15(14)22-10-16(20)19-12-5-3-2-4-6-12/h2-8H,10H2,1H3,(H,19,20). The first-order valence-electron chi connectivity index (χ1n) is 6.39. The lowest BCUT2D eigenvalue weighted by Gasteiger charge is -2.12. The normalized spacial score (nSPS) is 9.68. The first-order valence-corrected chi connectivity index (χ1v) is 7.18. The fraction of sp³-hybridized carbons (Fsp3) is 0.125. The molecular formula is C16H13BrN2O3. The zero-order valence-electron chi connectivity index (χ0n) is 11.8. The maximum absolute atomic E-state index is 11.9. The van der Waals surface area contributed by atoms with Crippen molar-refractivity contribution >= 4 is 27.5 Å². The van der Waals surface area contributed by atoms with Gasteiger partial charge in [0, 0.05) is 16.2 Å². The van der Waals surface area contributed by atoms with Crippen molar-refractivity contribution in [1.82, 2.24) is 0 Å². The summed E-state index contributed by atoms with van der Waals surface area (Å²) in [6.45, 7) is -0.163. The van der Waals surface area contributed by atoms with Gasteiger partial charge in [-0.2, -0.15) is 5.26 Å². The van der Waals surface area contributed by atoms with Crippen molar-refractivity contribution in [2.24, 2.45) is 0 Å². The minimum Gasteiger partial charge on any atom is -0.493 e. The average Bonchev–Trinajstić information content (AvgIpc) is 2.54. The molecule has 22 heavy (non-hydrogen) atoms. The number of anilines is 1. The molecule has 5 nitrogen and oxygen atoms in total. The van der Waals surface area contributed by atoms with Crippen molar-refractivity contribution in [3.05, 3.63) is 52.5 Å². The molecule has 0 bridgehead atoms. The number of hydrogen-bond donors (Lipinski definition) is 1. The van der Waals surface area contributed by atoms with E-state index in [-0.39, 0.29) is 12.5 Å². The van der Waals surface area contributed by atoms with E-state index in [1.165, 1.54) is 7.11 Å². The largest absolute Gasteiger partial charge is 0.493 e. The van der Waals surface area contributed by atoms with Crippen LogP contribution in [0.5, 0.6) is 11.5 Å². The second-order valence-electron chi connectivity index (χ2n) is 4.30. The maximum Gasteiger partial charge on any atom is 0.262 e. The van der Waals surface area contributed by atoms with Crippen LogP contribution in [0.2, 0.25) is 0 Å². The van der Waals surface area contributed by atoms with Crippen molar-refractivity contribution in [3.63, 3.8) is 0 Å². The van der Waals surface area contributed by atoms with Crippen molar-refractivity contribution in [1.29, 1.82) is 5.26 Å². The number of methoxy groups -OCH3 is 1. The Bertz CT molecular complexity index is 711. The number of ether oxygens (including phenoxy) is 2. The predicted molar refractivity (Wildman–Crippen MR) is 86.0 cm³/mol. The molecule has 0 radical (unpaired) electrons. The van der Waals surface area contributed by atoms with E-state index in [1.807, 2.05) is 24.3 Å². The SMILES string of the molecule is COc1cc(C#N)c(Br)cc1OCC(=O)Nc1ccccc1. The number of benzene rings is 2. The van der Waals surface area contributed by atoms with Crippen molar-refractivity contribution in [2.45, 2.75) is 0 Å². The molecule has 2 rings (SSSR count). The molecule has 2 aromatic rings. The summed E-state index contributed by atoms with van der Waals surface area (Å²) in [4.78, 5) is 11.9. The highest BCUT2D eigenvalue weighted by atomic mass is 79.9. The molecule has 0 spiro atoms. The fourth-order valence-electron chi connectivity index (χ4n) is 1.75. The summed E-state index contributed by atoms with van der Waals surface area (Å²) in [6.07, 6.45) is 0. The van der Waals surface area contributed by atoms with Crippen LogP contribution in [0.25, 0.3) is 0 Å². The quantitative estimate of drug-likeness (QED) is 0.887. The van der Waals surface area contributed by atoms with Gasteiger partial charge in [0.1, 0.15) is 6.07 Å². The van der Waals surface area contributed by atoms with E-state index in [4.69, 9.17) is 14.7 Å². The average molecular weight is 361 g/mol. The summed E-state index contributed by atoms with van der Waals surface area (Å²) in [6, 6.07) is 14.3. The molecule has 1 amide bonds. The number of nitrogens with zero attached hydrogens (tertiary/aromatic N) is 1. The van der Waals surface area contributed by atoms with Crippen LogP contribution >= 0.6 is 15.9 Å². The summed E-state index contributed by atoms with van der Waals surface area (Å²) in [7, 11) is 1.47. The summed E-state index contributed by atoms with van der Waals surface area (Å²) in [5, 5.41) is 11.7. The number of rotatable bonds is 5. The number of amides is 1. The van der Waals surface area contributed by atoms with Gasteiger partial charge in [0.2, 0.25) is 0 Å². The molecule has 0 saturated heterocycles. The van der Waals surface area contributed by atoms with E-state index in [0.717, 1.165) is 0 Å². The van der Waals surface area contributed by atoms with Gasteiger partial charge >= 0.3 is 0 Å². The van der Waals surface area contributed by atoms with E-state index in [2.05, 4.69) is 21.2 Å². The van der Waals surface area contributed by atoms with E-state index >= 15 is 0 Å². The third-order valence-corrected chi connectivity index (χ3v) is 3.45. The third kappa shape index (κ3) is 3.99. The molecule has 0 aromatic heterocycles. The van der Waals surface area contributed by atoms with Crippen molar-refractivity contribution in [2.75, 3.05) is 19.0 Å². The van der Waals surface area contributed by atoms with E-state index in [0.29, 0.717) is 27.2 Å². The number of nitriles is 1. The molecule has 0 unspecified atom stereocenters. The van der Waals surface area contributed by atoms with Crippen molar-refractivity contribution in [3.8, 4) is 17.6 Å². The molecule has 0 atom stereocenters. The molecule has 0 aliphatic rings. The summed E-state index contributed by atoms with van der Waals surface area (Å²) in [5.74, 6) is 0.498. The lowest BCUT2D eigenvalue weighted by atomic mass is 10.2. The van der Waals surface area contributed by atoms with Crippen LogP contribution in [0.4, 0.5) is 5.69 Å². The van der Waals surface area contributed by atoms with Gasteiger partial charge < -0.3 is 14.8 Å². The zero-order chi connectivity index (χ0) is 15.9. The Balaban J connectivity index is 2.04. The second-order valence-corrected chi connectivity index (χ2v) is 5.15. The van der Waals surface area contributed by atoms with Gasteiger partial charge in [-0.3, -0.25) is 4.79 Å². The minimum absolute atomic E-state index is 0.163. The Morgan fingerprint density at radius 2 is 2.00 bits per heavy atom. The molecule has 0 fully saturated rings. The highest BCUT2D eigenvalue weighted by Gasteiger charge is 2.12. The van der Waals surface area contributed by atoms with Crippen LogP contribution in [0.1, 0.15) is 5.56 Å². The van der Waals surface area contributed by atoms with Gasteiger partial charge in [-0.25, -0.2) is 0 Å². The molecule has 6 heteroatoms. The molecule has 0 saturated carbocycles. The van der Waals surface area contributed by atoms with Gasteiger partial charge in [0.15, 0.2) is 18.1 Å². The van der Waals surface area contributed by atoms with Gasteiger partial charge in [-0.05, 0) is 34.1 Å². The summed E-state index contributed by atoms with van der Waals surface area (Å²) >= 11 is 3.27. The van der Waals surface area contributed by atoms with Gasteiger partial charge in [0.05, 0.1) is 12.7 Å². The lowest BCUT2D eigenvalue weighted by molar-refractivity contribution is -0.118. The van der Waals surface area contributed by atoms with Crippen LogP contribution in [-0.2, 0) is 4.79 Å². The first-order chi connectivity index (χ1) is 10.6. The summed E-state index contributed by atoms with van der Waals surface area (Å²) < 4.78 is 11.2. The number of carbonyl (C=O) groups is 1. The molecular weight excluding hydrogens is 348 g/mol. The van der Waals surface area contributed by atoms with E-state index < -0.39 is 0 Å². The zero-order valence-corrected chi connectivity index (χ0v) is 13.4.